The number of thioether (sulfide) groups is 1. The molecule has 0 radical (unpaired) electrons. The highest BCUT2D eigenvalue weighted by Crippen LogP contribution is 2.18. The van der Waals surface area contributed by atoms with Gasteiger partial charge in [0.05, 0.1) is 23.9 Å². The lowest BCUT2D eigenvalue weighted by Gasteiger charge is -2.09. The molecule has 0 aliphatic carbocycles. The molecular formula is C20H19N5OS. The van der Waals surface area contributed by atoms with Gasteiger partial charge in [-0.25, -0.2) is 0 Å². The van der Waals surface area contributed by atoms with Gasteiger partial charge < -0.3 is 9.88 Å². The Balaban J connectivity index is 1.53. The molecule has 136 valence electrons. The molecule has 3 rings (SSSR count). The minimum atomic E-state index is -0.0729. The first-order chi connectivity index (χ1) is 13.2. The van der Waals surface area contributed by atoms with Crippen LogP contribution in [0.25, 0.3) is 0 Å². The molecule has 0 unspecified atom stereocenters. The van der Waals surface area contributed by atoms with Gasteiger partial charge in [0, 0.05) is 6.54 Å². The molecule has 27 heavy (non-hydrogen) atoms. The van der Waals surface area contributed by atoms with Gasteiger partial charge in [-0.2, -0.15) is 5.26 Å². The van der Waals surface area contributed by atoms with E-state index in [9.17, 15) is 4.79 Å². The summed E-state index contributed by atoms with van der Waals surface area (Å²) in [6.07, 6.45) is 0. The second-order valence-corrected chi connectivity index (χ2v) is 6.92. The highest BCUT2D eigenvalue weighted by atomic mass is 32.2. The molecular weight excluding hydrogens is 358 g/mol. The van der Waals surface area contributed by atoms with E-state index in [0.717, 1.165) is 22.1 Å². The van der Waals surface area contributed by atoms with Crippen LogP contribution in [0.4, 0.5) is 0 Å². The molecule has 1 amide bonds. The van der Waals surface area contributed by atoms with Crippen molar-refractivity contribution >= 4 is 17.7 Å². The van der Waals surface area contributed by atoms with Crippen LogP contribution in [-0.4, -0.2) is 26.4 Å². The van der Waals surface area contributed by atoms with E-state index >= 15 is 0 Å². The molecule has 0 aliphatic rings. The van der Waals surface area contributed by atoms with Crippen molar-refractivity contribution in [1.29, 1.82) is 5.26 Å². The number of rotatable bonds is 7. The summed E-state index contributed by atoms with van der Waals surface area (Å²) < 4.78 is 2.01. The van der Waals surface area contributed by atoms with Crippen molar-refractivity contribution in [2.24, 2.45) is 0 Å². The molecule has 0 saturated carbocycles. The number of hydrogen-bond donors (Lipinski definition) is 1. The number of hydrogen-bond acceptors (Lipinski definition) is 5. The highest BCUT2D eigenvalue weighted by Gasteiger charge is 2.12. The SMILES string of the molecule is Cc1nnc(SCC(=O)NCc2ccc(C#N)cc2)n1Cc1ccccc1. The number of nitrogens with zero attached hydrogens (tertiary/aromatic N) is 4. The Hall–Kier alpha value is -3.11. The number of benzene rings is 2. The van der Waals surface area contributed by atoms with Crippen molar-refractivity contribution in [3.8, 4) is 6.07 Å². The Labute approximate surface area is 162 Å². The van der Waals surface area contributed by atoms with E-state index in [1.807, 2.05) is 41.8 Å². The van der Waals surface area contributed by atoms with Gasteiger partial charge in [-0.1, -0.05) is 54.2 Å². The van der Waals surface area contributed by atoms with Crippen LogP contribution in [0.5, 0.6) is 0 Å². The van der Waals surface area contributed by atoms with Gasteiger partial charge >= 0.3 is 0 Å². The lowest BCUT2D eigenvalue weighted by Crippen LogP contribution is -2.24. The fourth-order valence-electron chi connectivity index (χ4n) is 2.50. The van der Waals surface area contributed by atoms with Crippen LogP contribution in [-0.2, 0) is 17.9 Å². The van der Waals surface area contributed by atoms with Crippen molar-refractivity contribution < 1.29 is 4.79 Å². The summed E-state index contributed by atoms with van der Waals surface area (Å²) in [4.78, 5) is 12.1. The molecule has 1 heterocycles. The van der Waals surface area contributed by atoms with Crippen LogP contribution in [0.1, 0.15) is 22.5 Å². The lowest BCUT2D eigenvalue weighted by molar-refractivity contribution is -0.118. The largest absolute Gasteiger partial charge is 0.351 e. The fraction of sp³-hybridized carbons (Fsp3) is 0.200. The number of nitriles is 1. The zero-order valence-electron chi connectivity index (χ0n) is 14.9. The van der Waals surface area contributed by atoms with Gasteiger partial charge in [-0.15, -0.1) is 10.2 Å². The van der Waals surface area contributed by atoms with E-state index in [1.165, 1.54) is 11.8 Å². The quantitative estimate of drug-likeness (QED) is 0.640. The molecule has 0 atom stereocenters. The van der Waals surface area contributed by atoms with E-state index in [4.69, 9.17) is 5.26 Å². The van der Waals surface area contributed by atoms with Crippen LogP contribution in [0, 0.1) is 18.3 Å². The van der Waals surface area contributed by atoms with Gasteiger partial charge in [0.2, 0.25) is 5.91 Å². The summed E-state index contributed by atoms with van der Waals surface area (Å²) in [6.45, 7) is 3.01. The average molecular weight is 377 g/mol. The summed E-state index contributed by atoms with van der Waals surface area (Å²) >= 11 is 1.37. The number of aryl methyl sites for hydroxylation is 1. The second-order valence-electron chi connectivity index (χ2n) is 5.98. The van der Waals surface area contributed by atoms with Gasteiger partial charge in [-0.05, 0) is 30.2 Å². The van der Waals surface area contributed by atoms with Crippen LogP contribution in [0.15, 0.2) is 59.8 Å². The van der Waals surface area contributed by atoms with Gasteiger partial charge in [0.1, 0.15) is 5.82 Å². The van der Waals surface area contributed by atoms with Crippen molar-refractivity contribution in [2.45, 2.75) is 25.2 Å². The average Bonchev–Trinajstić information content (AvgIpc) is 3.05. The molecule has 1 N–H and O–H groups in total. The summed E-state index contributed by atoms with van der Waals surface area (Å²) in [5.41, 5.74) is 2.72. The maximum Gasteiger partial charge on any atom is 0.230 e. The molecule has 0 fully saturated rings. The van der Waals surface area contributed by atoms with Crippen LogP contribution < -0.4 is 5.32 Å². The third-order valence-electron chi connectivity index (χ3n) is 3.99. The molecule has 0 spiro atoms. The smallest absolute Gasteiger partial charge is 0.230 e. The zero-order valence-corrected chi connectivity index (χ0v) is 15.7. The van der Waals surface area contributed by atoms with E-state index < -0.39 is 0 Å². The van der Waals surface area contributed by atoms with Crippen LogP contribution >= 0.6 is 11.8 Å². The van der Waals surface area contributed by atoms with Gasteiger partial charge in [-0.3, -0.25) is 4.79 Å². The Bertz CT molecular complexity index is 945. The summed E-state index contributed by atoms with van der Waals surface area (Å²) in [5.74, 6) is 1.01. The Morgan fingerprint density at radius 2 is 1.85 bits per heavy atom. The summed E-state index contributed by atoms with van der Waals surface area (Å²) in [6, 6.07) is 19.3. The minimum absolute atomic E-state index is 0.0729. The van der Waals surface area contributed by atoms with E-state index in [-0.39, 0.29) is 11.7 Å². The Morgan fingerprint density at radius 1 is 1.11 bits per heavy atom. The third-order valence-corrected chi connectivity index (χ3v) is 4.96. The highest BCUT2D eigenvalue weighted by molar-refractivity contribution is 7.99. The first kappa shape index (κ1) is 18.7. The number of carbonyl (C=O) groups is 1. The number of amides is 1. The molecule has 2 aromatic carbocycles. The van der Waals surface area contributed by atoms with Gasteiger partial charge in [0.25, 0.3) is 0 Å². The van der Waals surface area contributed by atoms with Crippen molar-refractivity contribution in [3.05, 3.63) is 77.1 Å². The van der Waals surface area contributed by atoms with Crippen LogP contribution in [0.3, 0.4) is 0 Å². The van der Waals surface area contributed by atoms with Crippen LogP contribution in [0.2, 0.25) is 0 Å². The molecule has 6 nitrogen and oxygen atoms in total. The summed E-state index contributed by atoms with van der Waals surface area (Å²) in [5, 5.41) is 20.7. The monoisotopic (exact) mass is 377 g/mol. The van der Waals surface area contributed by atoms with Gasteiger partial charge in [0.15, 0.2) is 5.16 Å². The van der Waals surface area contributed by atoms with E-state index in [2.05, 4.69) is 33.7 Å². The molecule has 0 bridgehead atoms. The Morgan fingerprint density at radius 3 is 2.56 bits per heavy atom. The Kier molecular flexibility index (Phi) is 6.23. The molecule has 0 aliphatic heterocycles. The molecule has 7 heteroatoms. The maximum atomic E-state index is 12.1. The fourth-order valence-corrected chi connectivity index (χ4v) is 3.31. The zero-order chi connectivity index (χ0) is 19.1. The number of carbonyl (C=O) groups excluding carboxylic acids is 1. The minimum Gasteiger partial charge on any atom is -0.351 e. The topological polar surface area (TPSA) is 83.6 Å². The number of aromatic nitrogens is 3. The number of nitrogens with one attached hydrogen (secondary N) is 1. The first-order valence-electron chi connectivity index (χ1n) is 8.48. The van der Waals surface area contributed by atoms with Crippen molar-refractivity contribution in [2.75, 3.05) is 5.75 Å². The predicted molar refractivity (Wildman–Crippen MR) is 104 cm³/mol. The predicted octanol–water partition coefficient (Wildman–Crippen LogP) is 2.92. The molecule has 0 saturated heterocycles. The standard InChI is InChI=1S/C20H19N5OS/c1-15-23-24-20(25(15)13-18-5-3-2-4-6-18)27-14-19(26)22-12-17-9-7-16(11-21)8-10-17/h2-10H,12-14H2,1H3,(H,22,26). The van der Waals surface area contributed by atoms with Crippen molar-refractivity contribution in [3.63, 3.8) is 0 Å². The second kappa shape index (κ2) is 9.01. The lowest BCUT2D eigenvalue weighted by atomic mass is 10.1. The molecule has 3 aromatic rings. The first-order valence-corrected chi connectivity index (χ1v) is 9.46. The normalized spacial score (nSPS) is 10.4. The third kappa shape index (κ3) is 5.19. The van der Waals surface area contributed by atoms with Crippen molar-refractivity contribution in [1.82, 2.24) is 20.1 Å². The summed E-state index contributed by atoms with van der Waals surface area (Å²) in [7, 11) is 0. The van der Waals surface area contributed by atoms with E-state index in [1.54, 1.807) is 12.1 Å². The molecule has 1 aromatic heterocycles. The maximum absolute atomic E-state index is 12.1. The van der Waals surface area contributed by atoms with E-state index in [0.29, 0.717) is 18.7 Å².